The molecule has 1 saturated heterocycles. The van der Waals surface area contributed by atoms with Crippen molar-refractivity contribution < 1.29 is 9.53 Å². The van der Waals surface area contributed by atoms with Crippen LogP contribution in [0.25, 0.3) is 10.2 Å². The first-order chi connectivity index (χ1) is 13.3. The lowest BCUT2D eigenvalue weighted by Gasteiger charge is -2.33. The molecule has 2 aromatic rings. The number of carbonyl (C=O) groups excluding carboxylic acids is 1. The fourth-order valence-electron chi connectivity index (χ4n) is 4.28. The highest BCUT2D eigenvalue weighted by molar-refractivity contribution is 7.18. The average molecular weight is 404 g/mol. The van der Waals surface area contributed by atoms with E-state index in [1.807, 2.05) is 4.90 Å². The van der Waals surface area contributed by atoms with Crippen molar-refractivity contribution in [3.63, 3.8) is 0 Å². The van der Waals surface area contributed by atoms with Gasteiger partial charge in [0, 0.05) is 30.8 Å². The number of rotatable bonds is 3. The van der Waals surface area contributed by atoms with Crippen molar-refractivity contribution in [2.24, 2.45) is 11.3 Å². The largest absolute Gasteiger partial charge is 0.378 e. The Morgan fingerprint density at radius 2 is 2.07 bits per heavy atom. The van der Waals surface area contributed by atoms with Crippen LogP contribution in [0.15, 0.2) is 4.79 Å². The molecule has 4 rings (SSSR count). The van der Waals surface area contributed by atoms with Gasteiger partial charge in [-0.05, 0) is 36.2 Å². The predicted molar refractivity (Wildman–Crippen MR) is 111 cm³/mol. The molecule has 0 aromatic carbocycles. The molecule has 152 valence electrons. The van der Waals surface area contributed by atoms with Crippen LogP contribution >= 0.6 is 11.3 Å². The van der Waals surface area contributed by atoms with Gasteiger partial charge in [-0.1, -0.05) is 20.8 Å². The third kappa shape index (κ3) is 3.87. The van der Waals surface area contributed by atoms with Gasteiger partial charge in [-0.2, -0.15) is 0 Å². The summed E-state index contributed by atoms with van der Waals surface area (Å²) in [5, 5.41) is 0.774. The highest BCUT2D eigenvalue weighted by Crippen LogP contribution is 2.41. The third-order valence-corrected chi connectivity index (χ3v) is 7.28. The molecule has 1 fully saturated rings. The molecule has 0 radical (unpaired) electrons. The Hall–Kier alpha value is -1.73. The minimum Gasteiger partial charge on any atom is -0.378 e. The summed E-state index contributed by atoms with van der Waals surface area (Å²) in [7, 11) is 0. The van der Waals surface area contributed by atoms with Gasteiger partial charge in [0.05, 0.1) is 18.6 Å². The number of aryl methyl sites for hydroxylation is 2. The van der Waals surface area contributed by atoms with Gasteiger partial charge in [0.15, 0.2) is 0 Å². The van der Waals surface area contributed by atoms with Crippen molar-refractivity contribution in [1.29, 1.82) is 0 Å². The molecule has 7 heteroatoms. The lowest BCUT2D eigenvalue weighted by molar-refractivity contribution is -0.135. The third-order valence-electron chi connectivity index (χ3n) is 6.13. The maximum Gasteiger partial charge on any atom is 0.259 e. The number of amides is 1. The van der Waals surface area contributed by atoms with E-state index in [0.29, 0.717) is 50.9 Å². The summed E-state index contributed by atoms with van der Waals surface area (Å²) in [5.74, 6) is 1.35. The van der Waals surface area contributed by atoms with Crippen LogP contribution in [0.2, 0.25) is 0 Å². The minimum atomic E-state index is -0.0504. The highest BCUT2D eigenvalue weighted by Gasteiger charge is 2.31. The first-order valence-electron chi connectivity index (χ1n) is 10.2. The zero-order valence-electron chi connectivity index (χ0n) is 17.0. The van der Waals surface area contributed by atoms with Crippen molar-refractivity contribution in [3.8, 4) is 0 Å². The first kappa shape index (κ1) is 19.6. The van der Waals surface area contributed by atoms with Gasteiger partial charge in [-0.3, -0.25) is 9.59 Å². The molecule has 0 spiro atoms. The molecule has 3 heterocycles. The van der Waals surface area contributed by atoms with E-state index in [9.17, 15) is 9.59 Å². The number of carbonyl (C=O) groups is 1. The standard InChI is InChI=1S/C21H29N3O3S/c1-21(2,3)13-4-5-14-15(12-13)28-20-18(14)19(26)22-16(23-20)6-7-17(25)24-8-10-27-11-9-24/h13H,4-12H2,1-3H3,(H,22,23,26). The number of fused-ring (bicyclic) bond motifs is 3. The van der Waals surface area contributed by atoms with Gasteiger partial charge in [0.2, 0.25) is 5.91 Å². The number of H-pyrrole nitrogens is 1. The quantitative estimate of drug-likeness (QED) is 0.855. The molecule has 1 unspecified atom stereocenters. The van der Waals surface area contributed by atoms with E-state index in [1.54, 1.807) is 11.3 Å². The lowest BCUT2D eigenvalue weighted by atomic mass is 9.72. The number of nitrogens with one attached hydrogen (secondary N) is 1. The minimum absolute atomic E-state index is 0.0504. The molecule has 2 aromatic heterocycles. The van der Waals surface area contributed by atoms with E-state index >= 15 is 0 Å². The van der Waals surface area contributed by atoms with Gasteiger partial charge >= 0.3 is 0 Å². The van der Waals surface area contributed by atoms with Crippen LogP contribution in [-0.4, -0.2) is 47.1 Å². The second-order valence-electron chi connectivity index (χ2n) is 9.00. The van der Waals surface area contributed by atoms with Crippen LogP contribution in [-0.2, 0) is 28.8 Å². The SMILES string of the molecule is CC(C)(C)C1CCc2c(sc3nc(CCC(=O)N4CCOCC4)[nH]c(=O)c23)C1. The van der Waals surface area contributed by atoms with Crippen molar-refractivity contribution in [3.05, 3.63) is 26.6 Å². The molecule has 6 nitrogen and oxygen atoms in total. The number of ether oxygens (including phenoxy) is 1. The van der Waals surface area contributed by atoms with Crippen LogP contribution < -0.4 is 5.56 Å². The Labute approximate surface area is 169 Å². The maximum atomic E-state index is 12.8. The molecule has 1 aliphatic heterocycles. The number of aromatic nitrogens is 2. The zero-order chi connectivity index (χ0) is 19.9. The molecular weight excluding hydrogens is 374 g/mol. The summed E-state index contributed by atoms with van der Waals surface area (Å²) in [4.78, 5) is 36.7. The molecule has 1 atom stereocenters. The highest BCUT2D eigenvalue weighted by atomic mass is 32.1. The second-order valence-corrected chi connectivity index (χ2v) is 10.1. The summed E-state index contributed by atoms with van der Waals surface area (Å²) in [6, 6.07) is 0. The van der Waals surface area contributed by atoms with E-state index in [-0.39, 0.29) is 16.9 Å². The first-order valence-corrected chi connectivity index (χ1v) is 11.0. The van der Waals surface area contributed by atoms with Crippen LogP contribution in [0.3, 0.4) is 0 Å². The zero-order valence-corrected chi connectivity index (χ0v) is 17.8. The Morgan fingerprint density at radius 3 is 2.79 bits per heavy atom. The lowest BCUT2D eigenvalue weighted by Crippen LogP contribution is -2.40. The smallest absolute Gasteiger partial charge is 0.259 e. The average Bonchev–Trinajstić information content (AvgIpc) is 3.04. The topological polar surface area (TPSA) is 75.3 Å². The fraction of sp³-hybridized carbons (Fsp3) is 0.667. The van der Waals surface area contributed by atoms with Gasteiger partial charge in [0.1, 0.15) is 10.7 Å². The van der Waals surface area contributed by atoms with E-state index < -0.39 is 0 Å². The summed E-state index contributed by atoms with van der Waals surface area (Å²) < 4.78 is 5.29. The van der Waals surface area contributed by atoms with Gasteiger partial charge in [0.25, 0.3) is 5.56 Å². The Kier molecular flexibility index (Phi) is 5.31. The number of thiophene rings is 1. The van der Waals surface area contributed by atoms with E-state index in [2.05, 4.69) is 25.8 Å². The van der Waals surface area contributed by atoms with E-state index in [0.717, 1.165) is 29.5 Å². The summed E-state index contributed by atoms with van der Waals surface area (Å²) in [6.07, 6.45) is 3.94. The number of nitrogens with zero attached hydrogens (tertiary/aromatic N) is 2. The molecule has 28 heavy (non-hydrogen) atoms. The van der Waals surface area contributed by atoms with Gasteiger partial charge in [-0.15, -0.1) is 11.3 Å². The molecule has 0 bridgehead atoms. The fourth-order valence-corrected chi connectivity index (χ4v) is 5.60. The number of hydrogen-bond donors (Lipinski definition) is 1. The van der Waals surface area contributed by atoms with Crippen LogP contribution in [0.5, 0.6) is 0 Å². The summed E-state index contributed by atoms with van der Waals surface area (Å²) in [5.41, 5.74) is 1.43. The predicted octanol–water partition coefficient (Wildman–Crippen LogP) is 2.93. The second kappa shape index (κ2) is 7.59. The van der Waals surface area contributed by atoms with Crippen molar-refractivity contribution in [1.82, 2.24) is 14.9 Å². The molecule has 1 aliphatic carbocycles. The van der Waals surface area contributed by atoms with Gasteiger partial charge in [-0.25, -0.2) is 4.98 Å². The molecule has 1 amide bonds. The number of hydrogen-bond acceptors (Lipinski definition) is 5. The summed E-state index contributed by atoms with van der Waals surface area (Å²) >= 11 is 1.67. The Balaban J connectivity index is 1.53. The van der Waals surface area contributed by atoms with Crippen molar-refractivity contribution in [2.75, 3.05) is 26.3 Å². The Morgan fingerprint density at radius 1 is 1.32 bits per heavy atom. The number of morpholine rings is 1. The van der Waals surface area contributed by atoms with Crippen molar-refractivity contribution in [2.45, 2.75) is 52.9 Å². The molecule has 2 aliphatic rings. The van der Waals surface area contributed by atoms with Crippen LogP contribution in [0.4, 0.5) is 0 Å². The van der Waals surface area contributed by atoms with E-state index in [1.165, 1.54) is 10.4 Å². The Bertz CT molecular complexity index is 935. The number of aromatic amines is 1. The van der Waals surface area contributed by atoms with Gasteiger partial charge < -0.3 is 14.6 Å². The summed E-state index contributed by atoms with van der Waals surface area (Å²) in [6.45, 7) is 9.38. The van der Waals surface area contributed by atoms with Crippen LogP contribution in [0.1, 0.15) is 49.9 Å². The normalized spacial score (nSPS) is 20.4. The van der Waals surface area contributed by atoms with E-state index in [4.69, 9.17) is 9.72 Å². The molecular formula is C21H29N3O3S. The molecule has 0 saturated carbocycles. The monoisotopic (exact) mass is 403 g/mol. The maximum absolute atomic E-state index is 12.8. The van der Waals surface area contributed by atoms with Crippen LogP contribution in [0, 0.1) is 11.3 Å². The van der Waals surface area contributed by atoms with Crippen molar-refractivity contribution >= 4 is 27.5 Å². The molecule has 1 N–H and O–H groups in total.